The molecule has 7 heteroatoms. The quantitative estimate of drug-likeness (QED) is 0.376. The van der Waals surface area contributed by atoms with Crippen molar-refractivity contribution in [3.05, 3.63) is 83.9 Å². The second-order valence-electron chi connectivity index (χ2n) is 9.75. The lowest BCUT2D eigenvalue weighted by Crippen LogP contribution is -2.44. The van der Waals surface area contributed by atoms with Gasteiger partial charge < -0.3 is 20.5 Å². The van der Waals surface area contributed by atoms with Gasteiger partial charge in [-0.05, 0) is 50.2 Å². The van der Waals surface area contributed by atoms with Crippen molar-refractivity contribution < 1.29 is 24.2 Å². The molecule has 1 heterocycles. The van der Waals surface area contributed by atoms with E-state index in [9.17, 15) is 19.5 Å². The lowest BCUT2D eigenvalue weighted by Gasteiger charge is -2.21. The molecule has 3 rings (SSSR count). The van der Waals surface area contributed by atoms with E-state index < -0.39 is 12.0 Å². The number of rotatable bonds is 8. The first-order valence-electron chi connectivity index (χ1n) is 13.0. The minimum Gasteiger partial charge on any atom is -0.463 e. The standard InChI is InChI=1S/C30H38N2O5/c1-22-21-37-30(36)26(17-23-11-5-2-6-12-23)16-10-4-9-15-25(29(35)31-22)19-28(34)32-27(20-33)18-24-13-7-3-8-14-24/h2-9,11-14,22,25-27,33H,10,15-21H2,1H3,(H,31,35)(H,32,34)/t22-,25+,26+,27+/m0/s1. The normalized spacial score (nSPS) is 21.9. The van der Waals surface area contributed by atoms with Crippen LogP contribution < -0.4 is 10.6 Å². The van der Waals surface area contributed by atoms with Crippen molar-refractivity contribution >= 4 is 17.8 Å². The Bertz CT molecular complexity index is 1020. The summed E-state index contributed by atoms with van der Waals surface area (Å²) in [7, 11) is 0. The fourth-order valence-corrected chi connectivity index (χ4v) is 4.46. The molecule has 0 unspecified atom stereocenters. The van der Waals surface area contributed by atoms with Crippen LogP contribution in [0, 0.1) is 11.8 Å². The molecule has 0 aliphatic carbocycles. The average Bonchev–Trinajstić information content (AvgIpc) is 2.91. The highest BCUT2D eigenvalue weighted by atomic mass is 16.5. The molecule has 0 fully saturated rings. The van der Waals surface area contributed by atoms with E-state index in [-0.39, 0.29) is 49.4 Å². The summed E-state index contributed by atoms with van der Waals surface area (Å²) in [4.78, 5) is 38.6. The lowest BCUT2D eigenvalue weighted by atomic mass is 9.94. The predicted octanol–water partition coefficient (Wildman–Crippen LogP) is 3.36. The number of carbonyl (C=O) groups excluding carboxylic acids is 3. The monoisotopic (exact) mass is 506 g/mol. The van der Waals surface area contributed by atoms with Crippen molar-refractivity contribution in [2.75, 3.05) is 13.2 Å². The number of hydrogen-bond acceptors (Lipinski definition) is 5. The second-order valence-corrected chi connectivity index (χ2v) is 9.75. The van der Waals surface area contributed by atoms with Crippen LogP contribution in [-0.2, 0) is 32.0 Å². The molecule has 2 aromatic rings. The van der Waals surface area contributed by atoms with Crippen LogP contribution in [0.15, 0.2) is 72.8 Å². The van der Waals surface area contributed by atoms with Gasteiger partial charge in [0.25, 0.3) is 0 Å². The van der Waals surface area contributed by atoms with Crippen LogP contribution in [0.5, 0.6) is 0 Å². The van der Waals surface area contributed by atoms with Crippen molar-refractivity contribution in [2.24, 2.45) is 11.8 Å². The number of aliphatic hydroxyl groups excluding tert-OH is 1. The second kappa shape index (κ2) is 15.0. The van der Waals surface area contributed by atoms with Crippen LogP contribution >= 0.6 is 0 Å². The zero-order chi connectivity index (χ0) is 26.5. The average molecular weight is 507 g/mol. The Balaban J connectivity index is 1.61. The zero-order valence-electron chi connectivity index (χ0n) is 21.5. The van der Waals surface area contributed by atoms with Gasteiger partial charge in [-0.1, -0.05) is 72.8 Å². The van der Waals surface area contributed by atoms with Crippen molar-refractivity contribution in [1.29, 1.82) is 0 Å². The highest BCUT2D eigenvalue weighted by molar-refractivity contribution is 5.86. The van der Waals surface area contributed by atoms with E-state index in [4.69, 9.17) is 4.74 Å². The molecule has 0 saturated carbocycles. The number of cyclic esters (lactones) is 1. The van der Waals surface area contributed by atoms with E-state index in [1.54, 1.807) is 6.92 Å². The van der Waals surface area contributed by atoms with E-state index in [0.29, 0.717) is 32.1 Å². The molecule has 1 aliphatic rings. The van der Waals surface area contributed by atoms with E-state index in [1.165, 1.54) is 0 Å². The Labute approximate surface area is 219 Å². The van der Waals surface area contributed by atoms with Gasteiger partial charge in [0.15, 0.2) is 0 Å². The molecule has 4 atom stereocenters. The van der Waals surface area contributed by atoms with Gasteiger partial charge in [-0.3, -0.25) is 14.4 Å². The Morgan fingerprint density at radius 2 is 1.70 bits per heavy atom. The van der Waals surface area contributed by atoms with Gasteiger partial charge in [-0.25, -0.2) is 0 Å². The van der Waals surface area contributed by atoms with Gasteiger partial charge in [-0.2, -0.15) is 0 Å². The summed E-state index contributed by atoms with van der Waals surface area (Å²) in [6, 6.07) is 18.7. The molecule has 2 aromatic carbocycles. The topological polar surface area (TPSA) is 105 Å². The molecule has 0 bridgehead atoms. The van der Waals surface area contributed by atoms with Crippen LogP contribution in [0.3, 0.4) is 0 Å². The summed E-state index contributed by atoms with van der Waals surface area (Å²) in [6.45, 7) is 1.67. The number of amides is 2. The fourth-order valence-electron chi connectivity index (χ4n) is 4.46. The molecular formula is C30H38N2O5. The molecule has 7 nitrogen and oxygen atoms in total. The summed E-state index contributed by atoms with van der Waals surface area (Å²) < 4.78 is 5.56. The molecule has 37 heavy (non-hydrogen) atoms. The fraction of sp³-hybridized carbons (Fsp3) is 0.433. The number of aliphatic hydroxyl groups is 1. The minimum atomic E-state index is -0.564. The lowest BCUT2D eigenvalue weighted by molar-refractivity contribution is -0.150. The number of benzene rings is 2. The van der Waals surface area contributed by atoms with Crippen molar-refractivity contribution in [2.45, 2.75) is 57.5 Å². The Morgan fingerprint density at radius 1 is 1.03 bits per heavy atom. The summed E-state index contributed by atoms with van der Waals surface area (Å²) >= 11 is 0. The third kappa shape index (κ3) is 9.84. The van der Waals surface area contributed by atoms with Crippen LogP contribution in [0.2, 0.25) is 0 Å². The number of esters is 1. The van der Waals surface area contributed by atoms with Crippen LogP contribution in [0.25, 0.3) is 0 Å². The first-order chi connectivity index (χ1) is 17.9. The molecule has 0 aromatic heterocycles. The molecule has 3 N–H and O–H groups in total. The third-order valence-corrected chi connectivity index (χ3v) is 6.50. The Hall–Kier alpha value is -3.45. The predicted molar refractivity (Wildman–Crippen MR) is 142 cm³/mol. The van der Waals surface area contributed by atoms with Crippen molar-refractivity contribution in [3.63, 3.8) is 0 Å². The summed E-state index contributed by atoms with van der Waals surface area (Å²) in [5.41, 5.74) is 2.09. The maximum atomic E-state index is 13.0. The first kappa shape index (κ1) is 28.1. The van der Waals surface area contributed by atoms with Gasteiger partial charge in [0.1, 0.15) is 6.61 Å². The van der Waals surface area contributed by atoms with Gasteiger partial charge in [0, 0.05) is 6.42 Å². The van der Waals surface area contributed by atoms with Crippen LogP contribution in [0.4, 0.5) is 0 Å². The number of hydrogen-bond donors (Lipinski definition) is 3. The van der Waals surface area contributed by atoms with E-state index in [1.807, 2.05) is 72.8 Å². The van der Waals surface area contributed by atoms with Crippen LogP contribution in [-0.4, -0.2) is 48.2 Å². The minimum absolute atomic E-state index is 0.00457. The highest BCUT2D eigenvalue weighted by Crippen LogP contribution is 2.19. The number of allylic oxidation sites excluding steroid dienone is 2. The molecule has 0 saturated heterocycles. The van der Waals surface area contributed by atoms with Gasteiger partial charge in [-0.15, -0.1) is 0 Å². The third-order valence-electron chi connectivity index (χ3n) is 6.50. The summed E-state index contributed by atoms with van der Waals surface area (Å²) in [6.07, 6.45) is 6.72. The molecule has 0 radical (unpaired) electrons. The summed E-state index contributed by atoms with van der Waals surface area (Å²) in [5, 5.41) is 15.5. The van der Waals surface area contributed by atoms with E-state index in [2.05, 4.69) is 10.6 Å². The van der Waals surface area contributed by atoms with Crippen molar-refractivity contribution in [3.8, 4) is 0 Å². The van der Waals surface area contributed by atoms with Crippen molar-refractivity contribution in [1.82, 2.24) is 10.6 Å². The highest BCUT2D eigenvalue weighted by Gasteiger charge is 2.26. The van der Waals surface area contributed by atoms with Crippen LogP contribution in [0.1, 0.15) is 43.7 Å². The SMILES string of the molecule is C[C@H]1COC(=O)[C@@H](Cc2ccccc2)CCC=CC[C@H](CC(=O)N[C@@H](CO)Cc2ccccc2)C(=O)N1. The molecule has 198 valence electrons. The molecule has 2 amide bonds. The smallest absolute Gasteiger partial charge is 0.309 e. The maximum Gasteiger partial charge on any atom is 0.309 e. The number of carbonyl (C=O) groups is 3. The molecule has 0 spiro atoms. The van der Waals surface area contributed by atoms with Gasteiger partial charge >= 0.3 is 5.97 Å². The Kier molecular flexibility index (Phi) is 11.4. The van der Waals surface area contributed by atoms with E-state index in [0.717, 1.165) is 11.1 Å². The molecule has 1 aliphatic heterocycles. The zero-order valence-corrected chi connectivity index (χ0v) is 21.5. The Morgan fingerprint density at radius 3 is 2.38 bits per heavy atom. The van der Waals surface area contributed by atoms with Gasteiger partial charge in [0.2, 0.25) is 11.8 Å². The first-order valence-corrected chi connectivity index (χ1v) is 13.0. The number of nitrogens with one attached hydrogen (secondary N) is 2. The largest absolute Gasteiger partial charge is 0.463 e. The maximum absolute atomic E-state index is 13.0. The van der Waals surface area contributed by atoms with E-state index >= 15 is 0 Å². The summed E-state index contributed by atoms with van der Waals surface area (Å²) in [5.74, 6) is -1.63. The molecular weight excluding hydrogens is 468 g/mol. The number of ether oxygens (including phenoxy) is 1. The van der Waals surface area contributed by atoms with Gasteiger partial charge in [0.05, 0.1) is 30.5 Å².